The number of aliphatic hydroxyl groups excluding tert-OH is 1. The molecule has 518 valence electrons. The van der Waals surface area contributed by atoms with Crippen molar-refractivity contribution in [2.24, 2.45) is 0 Å². The Hall–Kier alpha value is -8.38. The van der Waals surface area contributed by atoms with Crippen LogP contribution in [0.1, 0.15) is 142 Å². The van der Waals surface area contributed by atoms with Gasteiger partial charge in [0.15, 0.2) is 22.6 Å². The van der Waals surface area contributed by atoms with Crippen LogP contribution >= 0.6 is 0 Å². The second-order valence-corrected chi connectivity index (χ2v) is 30.6. The number of Topliss-reactive ketones (excluding diaryl/α,β-unsaturated/α-hetero) is 1. The molecular weight excluding hydrogens is 1220 g/mol. The average Bonchev–Trinajstić information content (AvgIpc) is 0.978. The number of rotatable bonds is 11. The zero-order chi connectivity index (χ0) is 74.0. The second kappa shape index (κ2) is 41.4. The van der Waals surface area contributed by atoms with E-state index in [2.05, 4.69) is 10.2 Å². The zero-order valence-corrected chi connectivity index (χ0v) is 61.1. The van der Waals surface area contributed by atoms with Crippen molar-refractivity contribution in [2.45, 2.75) is 151 Å². The molecule has 15 nitrogen and oxygen atoms in total. The molecule has 7 aromatic carbocycles. The minimum Gasteiger partial charge on any atom is -0.479 e. The maximum Gasteiger partial charge on any atom is 0.358 e. The van der Waals surface area contributed by atoms with E-state index >= 15 is 0 Å². The number of amides is 2. The van der Waals surface area contributed by atoms with Crippen LogP contribution in [0.25, 0.3) is 4.85 Å². The predicted octanol–water partition coefficient (Wildman–Crippen LogP) is 14.4. The van der Waals surface area contributed by atoms with Crippen molar-refractivity contribution in [1.29, 1.82) is 0 Å². The molecule has 0 saturated carbocycles. The van der Waals surface area contributed by atoms with Crippen molar-refractivity contribution in [3.05, 3.63) is 259 Å². The summed E-state index contributed by atoms with van der Waals surface area (Å²) in [7, 11) is 8.08. The van der Waals surface area contributed by atoms with Gasteiger partial charge in [0.25, 0.3) is 11.8 Å². The number of carbonyl (C=O) groups excluding carboxylic acids is 4. The molecule has 0 fully saturated rings. The normalized spacial score (nSPS) is 13.1. The number of aldehydes is 1. The fraction of sp³-hybridized carbons (Fsp3) is 0.377. The summed E-state index contributed by atoms with van der Waals surface area (Å²) < 4.78 is 24.6. The number of nitrogens with one attached hydrogen (secondary N) is 1. The number of carboxylic acid groups (broad SMARTS) is 1. The number of aliphatic carboxylic acids is 1. The van der Waals surface area contributed by atoms with Gasteiger partial charge in [-0.2, -0.15) is 0 Å². The van der Waals surface area contributed by atoms with Crippen LogP contribution in [0, 0.1) is 55.0 Å². The first-order chi connectivity index (χ1) is 43.6. The maximum atomic E-state index is 12.3. The van der Waals surface area contributed by atoms with E-state index in [0.29, 0.717) is 22.3 Å². The first-order valence-electron chi connectivity index (χ1n) is 30.6. The highest BCUT2D eigenvalue weighted by Crippen LogP contribution is 2.27. The smallest absolute Gasteiger partial charge is 0.358 e. The fourth-order valence-electron chi connectivity index (χ4n) is 7.63. The van der Waals surface area contributed by atoms with Crippen LogP contribution in [0.4, 0.5) is 8.78 Å². The zero-order valence-electron chi connectivity index (χ0n) is 60.1. The lowest BCUT2D eigenvalue weighted by Crippen LogP contribution is -2.42. The van der Waals surface area contributed by atoms with E-state index in [9.17, 15) is 53.2 Å². The molecule has 0 saturated heterocycles. The molecule has 7 rings (SSSR count). The molecular formula is C77H106F2N4O11Si. The number of halogens is 2. The number of nitrogens with zero attached hydrogens (tertiary/aromatic N) is 3. The Morgan fingerprint density at radius 3 is 1.03 bits per heavy atom. The van der Waals surface area contributed by atoms with Crippen molar-refractivity contribution in [2.75, 3.05) is 42.3 Å². The van der Waals surface area contributed by atoms with Crippen LogP contribution in [0.5, 0.6) is 0 Å². The van der Waals surface area contributed by atoms with Crippen LogP contribution in [-0.4, -0.2) is 126 Å². The van der Waals surface area contributed by atoms with Gasteiger partial charge in [0, 0.05) is 46.2 Å². The van der Waals surface area contributed by atoms with E-state index in [1.807, 2.05) is 190 Å². The maximum absolute atomic E-state index is 12.3. The lowest BCUT2D eigenvalue weighted by atomic mass is 9.93. The molecule has 95 heavy (non-hydrogen) atoms. The molecule has 2 amide bonds. The van der Waals surface area contributed by atoms with Crippen LogP contribution < -0.4 is 5.32 Å². The number of alkyl halides is 2. The highest BCUT2D eigenvalue weighted by Gasteiger charge is 2.39. The molecule has 0 aliphatic heterocycles. The molecule has 0 aliphatic carbocycles. The molecule has 5 atom stereocenters. The first-order valence-corrected chi connectivity index (χ1v) is 34.1. The summed E-state index contributed by atoms with van der Waals surface area (Å²) in [4.78, 5) is 61.1. The van der Waals surface area contributed by atoms with E-state index in [1.54, 1.807) is 104 Å². The molecule has 5 unspecified atom stereocenters. The van der Waals surface area contributed by atoms with Crippen LogP contribution in [0.3, 0.4) is 0 Å². The number of hydrogen-bond donors (Lipinski definition) is 7. The van der Waals surface area contributed by atoms with Gasteiger partial charge in [-0.15, -0.1) is 0 Å². The number of aryl methyl sites for hydroxylation is 7. The Balaban J connectivity index is 0. The monoisotopic (exact) mass is 1330 g/mol. The highest BCUT2D eigenvalue weighted by atomic mass is 28.3. The molecule has 0 aliphatic rings. The number of ketones is 1. The van der Waals surface area contributed by atoms with Gasteiger partial charge >= 0.3 is 11.7 Å². The number of carbonyl (C=O) groups is 5. The van der Waals surface area contributed by atoms with Gasteiger partial charge in [0.1, 0.15) is 14.4 Å². The largest absolute Gasteiger partial charge is 0.479 e. The Bertz CT molecular complexity index is 3460. The Labute approximate surface area is 566 Å². The number of hydrogen-bond acceptors (Lipinski definition) is 11. The van der Waals surface area contributed by atoms with Crippen LogP contribution in [0.2, 0.25) is 19.6 Å². The van der Waals surface area contributed by atoms with Crippen molar-refractivity contribution in [3.63, 3.8) is 0 Å². The summed E-state index contributed by atoms with van der Waals surface area (Å²) in [5, 5.41) is 60.1. The molecule has 18 heteroatoms. The predicted molar refractivity (Wildman–Crippen MR) is 383 cm³/mol. The van der Waals surface area contributed by atoms with Crippen molar-refractivity contribution in [1.82, 2.24) is 15.1 Å². The fourth-order valence-corrected chi connectivity index (χ4v) is 7.63. The topological polar surface area (TPSA) is 230 Å². The van der Waals surface area contributed by atoms with E-state index in [0.717, 1.165) is 63.3 Å². The van der Waals surface area contributed by atoms with E-state index in [1.165, 1.54) is 43.1 Å². The van der Waals surface area contributed by atoms with Crippen molar-refractivity contribution in [3.8, 4) is 0 Å². The number of benzene rings is 7. The number of carboxylic acids is 1. The Morgan fingerprint density at radius 2 is 0.800 bits per heavy atom. The van der Waals surface area contributed by atoms with Crippen molar-refractivity contribution < 1.29 is 63.4 Å². The lowest BCUT2D eigenvalue weighted by Gasteiger charge is -2.26. The highest BCUT2D eigenvalue weighted by molar-refractivity contribution is 6.78. The second-order valence-electron chi connectivity index (χ2n) is 25.2. The van der Waals surface area contributed by atoms with E-state index < -0.39 is 42.1 Å². The van der Waals surface area contributed by atoms with Gasteiger partial charge < -0.3 is 45.8 Å². The summed E-state index contributed by atoms with van der Waals surface area (Å²) in [5.74, 6) is -1.73. The molecule has 0 bridgehead atoms. The van der Waals surface area contributed by atoms with Gasteiger partial charge in [-0.25, -0.2) is 20.1 Å². The van der Waals surface area contributed by atoms with Gasteiger partial charge in [-0.05, 0) is 151 Å². The van der Waals surface area contributed by atoms with Crippen LogP contribution in [-0.2, 0) is 36.9 Å². The molecule has 7 aromatic rings. The third-order valence-corrected chi connectivity index (χ3v) is 16.7. The molecule has 0 heterocycles. The van der Waals surface area contributed by atoms with Gasteiger partial charge in [-0.3, -0.25) is 24.0 Å². The summed E-state index contributed by atoms with van der Waals surface area (Å²) in [6.07, 6.45) is 0.507. The quantitative estimate of drug-likeness (QED) is 0.0278. The number of aliphatic hydroxyl groups is 5. The molecule has 0 aromatic heterocycles. The van der Waals surface area contributed by atoms with Gasteiger partial charge in [0.2, 0.25) is 5.55 Å². The van der Waals surface area contributed by atoms with Gasteiger partial charge in [0.05, 0.1) is 11.7 Å². The lowest BCUT2D eigenvalue weighted by molar-refractivity contribution is -0.157. The van der Waals surface area contributed by atoms with Crippen LogP contribution in [0.15, 0.2) is 170 Å². The summed E-state index contributed by atoms with van der Waals surface area (Å²) in [5.41, 5.74) is 3.81. The Kier molecular flexibility index (Phi) is 38.7. The van der Waals surface area contributed by atoms with E-state index in [4.69, 9.17) is 16.8 Å². The number of likely N-dealkylation sites (N-methyl/N-ethyl adjacent to an activating group) is 2. The summed E-state index contributed by atoms with van der Waals surface area (Å²) in [6, 6.07) is 51.8. The Morgan fingerprint density at radius 1 is 0.516 bits per heavy atom. The minimum absolute atomic E-state index is 0.128. The first kappa shape index (κ1) is 88.7. The standard InChI is InChI=1S/2C12H17NO2.C10H11NO.C10H12O3.C9H12O.C9H10O.C8H8O.C5H12F2Si.C2H7N/c2*1-9-6-5-7-10(8-9)12(2,15)11(14)13(3)4;1-8-5-4-6-9(7-8)10(2,12)11-3;1-7-4-3-5-8(6-7)10(2,13)9(11)12;2*1-7-4-3-5-9(6-7)8(2)10;1-7-3-2-4-8(5-7)6-9;1-5(6,7)8(2,3)4;1-3-2/h2*5-8,15H,1-4H3;4-7,12H,1-2H3;3-6,13H,1-2H3,(H,11,12);3-6,8,10H,1-2H3;3-6H,1-2H3;2-6H,1H3;1-4H3;3H,1-2H3. The molecule has 0 radical (unpaired) electrons. The third kappa shape index (κ3) is 33.5. The summed E-state index contributed by atoms with van der Waals surface area (Å²) >= 11 is 0. The molecule has 7 N–H and O–H groups in total. The average molecular weight is 1330 g/mol. The minimum atomic E-state index is -2.42. The van der Waals surface area contributed by atoms with Gasteiger partial charge in [-0.1, -0.05) is 204 Å². The third-order valence-electron chi connectivity index (χ3n) is 14.0. The summed E-state index contributed by atoms with van der Waals surface area (Å²) in [6.45, 7) is 35.5. The SMILES string of the molecule is CC(=O)c1cccc(C)c1.CC(F)(F)[Si](C)(C)C.CNC.Cc1cccc(C(C)(O)C(=O)N(C)C)c1.Cc1cccc(C(C)(O)C(=O)N(C)C)c1.Cc1cccc(C(C)(O)C(=O)O)c1.Cc1cccc(C(C)O)c1.Cc1cccc(C=O)c1.[C-]#[N+]C(C)(O)c1cccc(C)c1. The molecule has 0 spiro atoms. The van der Waals surface area contributed by atoms with E-state index in [-0.39, 0.29) is 23.7 Å². The van der Waals surface area contributed by atoms with Crippen molar-refractivity contribution >= 4 is 37.9 Å².